The van der Waals surface area contributed by atoms with Crippen LogP contribution >= 0.6 is 0 Å². The fraction of sp³-hybridized carbons (Fsp3) is 0.250. The van der Waals surface area contributed by atoms with Crippen molar-refractivity contribution in [3.05, 3.63) is 24.0 Å². The zero-order chi connectivity index (χ0) is 15.8. The quantitative estimate of drug-likeness (QED) is 0.597. The van der Waals surface area contributed by atoms with Crippen LogP contribution in [0.2, 0.25) is 0 Å². The van der Waals surface area contributed by atoms with Crippen LogP contribution in [0.15, 0.2) is 18.2 Å². The number of anilines is 1. The van der Waals surface area contributed by atoms with Crippen molar-refractivity contribution in [2.24, 2.45) is 0 Å². The molecule has 0 fully saturated rings. The van der Waals surface area contributed by atoms with E-state index in [2.05, 4.69) is 16.0 Å². The van der Waals surface area contributed by atoms with Crippen molar-refractivity contribution in [2.45, 2.75) is 0 Å². The number of aliphatic carboxylic acids is 1. The highest BCUT2D eigenvalue weighted by molar-refractivity contribution is 5.93. The van der Waals surface area contributed by atoms with Gasteiger partial charge in [0, 0.05) is 6.07 Å². The second-order valence-corrected chi connectivity index (χ2v) is 3.82. The zero-order valence-electron chi connectivity index (χ0n) is 11.1. The minimum absolute atomic E-state index is 0.113. The van der Waals surface area contributed by atoms with E-state index >= 15 is 0 Å². The maximum Gasteiger partial charge on any atom is 0.322 e. The number of carbonyl (C=O) groups excluding carboxylic acids is 2. The SMILES string of the molecule is COc1ccc(F)c(NC(=O)NCC(=O)NCC(=O)O)c1. The summed E-state index contributed by atoms with van der Waals surface area (Å²) < 4.78 is 18.3. The number of hydrogen-bond donors (Lipinski definition) is 4. The number of carboxylic acids is 1. The van der Waals surface area contributed by atoms with E-state index in [-0.39, 0.29) is 5.69 Å². The third kappa shape index (κ3) is 5.76. The summed E-state index contributed by atoms with van der Waals surface area (Å²) in [6.07, 6.45) is 0. The Hall–Kier alpha value is -2.84. The standard InChI is InChI=1S/C12H14FN3O5/c1-21-7-2-3-8(13)9(4-7)16-12(20)15-5-10(17)14-6-11(18)19/h2-4H,5-6H2,1H3,(H,14,17)(H,18,19)(H2,15,16,20). The summed E-state index contributed by atoms with van der Waals surface area (Å²) >= 11 is 0. The molecule has 0 bridgehead atoms. The predicted molar refractivity (Wildman–Crippen MR) is 70.6 cm³/mol. The summed E-state index contributed by atoms with van der Waals surface area (Å²) in [7, 11) is 1.39. The molecule has 0 aliphatic heterocycles. The Morgan fingerprint density at radius 2 is 1.95 bits per heavy atom. The fourth-order valence-corrected chi connectivity index (χ4v) is 1.29. The Morgan fingerprint density at radius 3 is 2.57 bits per heavy atom. The van der Waals surface area contributed by atoms with Gasteiger partial charge in [0.25, 0.3) is 0 Å². The van der Waals surface area contributed by atoms with Crippen LogP contribution in [-0.4, -0.2) is 43.2 Å². The van der Waals surface area contributed by atoms with Crippen LogP contribution in [0.4, 0.5) is 14.9 Å². The molecule has 1 aromatic rings. The van der Waals surface area contributed by atoms with E-state index in [1.807, 2.05) is 0 Å². The van der Waals surface area contributed by atoms with Crippen LogP contribution in [0.25, 0.3) is 0 Å². The average molecular weight is 299 g/mol. The number of carboxylic acid groups (broad SMARTS) is 1. The van der Waals surface area contributed by atoms with E-state index in [1.165, 1.54) is 19.2 Å². The van der Waals surface area contributed by atoms with E-state index in [1.54, 1.807) is 0 Å². The first-order valence-corrected chi connectivity index (χ1v) is 5.79. The molecule has 9 heteroatoms. The first-order valence-electron chi connectivity index (χ1n) is 5.79. The maximum atomic E-state index is 13.4. The molecule has 21 heavy (non-hydrogen) atoms. The van der Waals surface area contributed by atoms with Crippen molar-refractivity contribution >= 4 is 23.6 Å². The Balaban J connectivity index is 2.47. The zero-order valence-corrected chi connectivity index (χ0v) is 11.1. The lowest BCUT2D eigenvalue weighted by atomic mass is 10.3. The molecule has 0 saturated heterocycles. The number of hydrogen-bond acceptors (Lipinski definition) is 4. The van der Waals surface area contributed by atoms with Gasteiger partial charge < -0.3 is 25.8 Å². The number of urea groups is 1. The number of carbonyl (C=O) groups is 3. The largest absolute Gasteiger partial charge is 0.497 e. The van der Waals surface area contributed by atoms with Crippen LogP contribution < -0.4 is 20.7 Å². The molecule has 0 atom stereocenters. The van der Waals surface area contributed by atoms with Crippen LogP contribution in [-0.2, 0) is 9.59 Å². The second kappa shape index (κ2) is 7.68. The molecule has 3 amide bonds. The van der Waals surface area contributed by atoms with Gasteiger partial charge in [0.2, 0.25) is 5.91 Å². The molecule has 0 unspecified atom stereocenters. The van der Waals surface area contributed by atoms with Crippen molar-refractivity contribution in [2.75, 3.05) is 25.5 Å². The van der Waals surface area contributed by atoms with Gasteiger partial charge in [0.05, 0.1) is 19.3 Å². The normalized spacial score (nSPS) is 9.62. The molecular formula is C12H14FN3O5. The van der Waals surface area contributed by atoms with Crippen molar-refractivity contribution < 1.29 is 28.6 Å². The molecular weight excluding hydrogens is 285 g/mol. The number of benzene rings is 1. The smallest absolute Gasteiger partial charge is 0.322 e. The summed E-state index contributed by atoms with van der Waals surface area (Å²) in [6.45, 7) is -0.989. The Bertz CT molecular complexity index is 550. The lowest BCUT2D eigenvalue weighted by molar-refractivity contribution is -0.137. The molecule has 0 heterocycles. The van der Waals surface area contributed by atoms with Crippen molar-refractivity contribution in [1.82, 2.24) is 10.6 Å². The third-order valence-electron chi connectivity index (χ3n) is 2.27. The fourth-order valence-electron chi connectivity index (χ4n) is 1.29. The van der Waals surface area contributed by atoms with Crippen LogP contribution in [0.1, 0.15) is 0 Å². The van der Waals surface area contributed by atoms with Crippen LogP contribution in [0, 0.1) is 5.82 Å². The molecule has 1 rings (SSSR count). The number of methoxy groups -OCH3 is 1. The molecule has 4 N–H and O–H groups in total. The van der Waals surface area contributed by atoms with Crippen molar-refractivity contribution in [1.29, 1.82) is 0 Å². The minimum Gasteiger partial charge on any atom is -0.497 e. The molecule has 0 aliphatic carbocycles. The van der Waals surface area contributed by atoms with Gasteiger partial charge in [0.1, 0.15) is 18.1 Å². The Labute approximate surface area is 119 Å². The van der Waals surface area contributed by atoms with Gasteiger partial charge in [0.15, 0.2) is 0 Å². The second-order valence-electron chi connectivity index (χ2n) is 3.82. The molecule has 1 aromatic carbocycles. The van der Waals surface area contributed by atoms with Gasteiger partial charge in [-0.3, -0.25) is 9.59 Å². The molecule has 114 valence electrons. The van der Waals surface area contributed by atoms with Gasteiger partial charge in [-0.25, -0.2) is 9.18 Å². The van der Waals surface area contributed by atoms with E-state index in [0.717, 1.165) is 6.07 Å². The first-order chi connectivity index (χ1) is 9.92. The first kappa shape index (κ1) is 16.2. The Morgan fingerprint density at radius 1 is 1.24 bits per heavy atom. The number of halogens is 1. The molecule has 0 aromatic heterocycles. The number of rotatable bonds is 6. The molecule has 0 aliphatic rings. The lowest BCUT2D eigenvalue weighted by Gasteiger charge is -2.09. The van der Waals surface area contributed by atoms with Crippen molar-refractivity contribution in [3.8, 4) is 5.75 Å². The van der Waals surface area contributed by atoms with Gasteiger partial charge in [-0.15, -0.1) is 0 Å². The van der Waals surface area contributed by atoms with Crippen LogP contribution in [0.5, 0.6) is 5.75 Å². The monoisotopic (exact) mass is 299 g/mol. The number of ether oxygens (including phenoxy) is 1. The highest BCUT2D eigenvalue weighted by atomic mass is 19.1. The van der Waals surface area contributed by atoms with E-state index in [4.69, 9.17) is 9.84 Å². The highest BCUT2D eigenvalue weighted by Gasteiger charge is 2.10. The Kier molecular flexibility index (Phi) is 5.93. The third-order valence-corrected chi connectivity index (χ3v) is 2.27. The summed E-state index contributed by atoms with van der Waals surface area (Å²) in [5.74, 6) is -2.20. The van der Waals surface area contributed by atoms with Gasteiger partial charge >= 0.3 is 12.0 Å². The predicted octanol–water partition coefficient (Wildman–Crippen LogP) is 0.157. The van der Waals surface area contributed by atoms with E-state index < -0.39 is 36.8 Å². The van der Waals surface area contributed by atoms with Gasteiger partial charge in [-0.2, -0.15) is 0 Å². The highest BCUT2D eigenvalue weighted by Crippen LogP contribution is 2.20. The molecule has 0 radical (unpaired) electrons. The van der Waals surface area contributed by atoms with E-state index in [0.29, 0.717) is 5.75 Å². The molecule has 0 spiro atoms. The summed E-state index contributed by atoms with van der Waals surface area (Å²) in [4.78, 5) is 32.9. The lowest BCUT2D eigenvalue weighted by Crippen LogP contribution is -2.40. The summed E-state index contributed by atoms with van der Waals surface area (Å²) in [5.41, 5.74) is -0.113. The van der Waals surface area contributed by atoms with Crippen LogP contribution in [0.3, 0.4) is 0 Å². The molecule has 0 saturated carbocycles. The van der Waals surface area contributed by atoms with Gasteiger partial charge in [-0.1, -0.05) is 0 Å². The minimum atomic E-state index is -1.20. The topological polar surface area (TPSA) is 117 Å². The summed E-state index contributed by atoms with van der Waals surface area (Å²) in [6, 6.07) is 2.97. The number of nitrogens with one attached hydrogen (secondary N) is 3. The van der Waals surface area contributed by atoms with Crippen molar-refractivity contribution in [3.63, 3.8) is 0 Å². The average Bonchev–Trinajstić information content (AvgIpc) is 2.45. The maximum absolute atomic E-state index is 13.4. The molecule has 8 nitrogen and oxygen atoms in total. The summed E-state index contributed by atoms with van der Waals surface area (Å²) in [5, 5.41) is 14.8. The number of amides is 3. The van der Waals surface area contributed by atoms with E-state index in [9.17, 15) is 18.8 Å². The van der Waals surface area contributed by atoms with Gasteiger partial charge in [-0.05, 0) is 12.1 Å².